The predicted octanol–water partition coefficient (Wildman–Crippen LogP) is 4.16. The van der Waals surface area contributed by atoms with E-state index in [0.29, 0.717) is 51.0 Å². The van der Waals surface area contributed by atoms with Crippen LogP contribution >= 0.6 is 0 Å². The Balaban J connectivity index is 1.40. The second-order valence-electron chi connectivity index (χ2n) is 10.9. The lowest BCUT2D eigenvalue weighted by atomic mass is 9.70. The summed E-state index contributed by atoms with van der Waals surface area (Å²) in [7, 11) is 0. The lowest BCUT2D eigenvalue weighted by Gasteiger charge is -2.48. The fourth-order valence-corrected chi connectivity index (χ4v) is 6.74. The van der Waals surface area contributed by atoms with E-state index in [2.05, 4.69) is 4.90 Å². The van der Waals surface area contributed by atoms with Crippen molar-refractivity contribution >= 4 is 5.91 Å². The third kappa shape index (κ3) is 4.57. The molecule has 3 aliphatic heterocycles. The topological polar surface area (TPSA) is 53.0 Å². The number of likely N-dealkylation sites (tertiary alicyclic amines) is 2. The van der Waals surface area contributed by atoms with Gasteiger partial charge in [-0.25, -0.2) is 8.78 Å². The highest BCUT2D eigenvalue weighted by molar-refractivity contribution is 5.81. The molecule has 0 radical (unpaired) electrons. The molecular formula is C29H36F2N2O3. The van der Waals surface area contributed by atoms with E-state index >= 15 is 0 Å². The lowest BCUT2D eigenvalue weighted by molar-refractivity contribution is -0.152. The van der Waals surface area contributed by atoms with Gasteiger partial charge in [0.15, 0.2) is 0 Å². The minimum Gasteiger partial charge on any atom is -0.384 e. The van der Waals surface area contributed by atoms with E-state index in [4.69, 9.17) is 4.74 Å². The number of rotatable bonds is 4. The molecule has 2 aromatic carbocycles. The van der Waals surface area contributed by atoms with Crippen LogP contribution in [-0.4, -0.2) is 66.2 Å². The molecule has 5 rings (SSSR count). The number of amides is 1. The average molecular weight is 499 g/mol. The van der Waals surface area contributed by atoms with Crippen molar-refractivity contribution in [1.29, 1.82) is 0 Å². The first-order valence-corrected chi connectivity index (χ1v) is 13.1. The Morgan fingerprint density at radius 2 is 1.64 bits per heavy atom. The van der Waals surface area contributed by atoms with E-state index in [1.807, 2.05) is 49.1 Å². The number of ether oxygens (including phenoxy) is 1. The lowest BCUT2D eigenvalue weighted by Crippen LogP contribution is -2.57. The normalized spacial score (nSPS) is 32.1. The van der Waals surface area contributed by atoms with E-state index in [0.717, 1.165) is 24.5 Å². The zero-order chi connectivity index (χ0) is 25.4. The monoisotopic (exact) mass is 498 g/mol. The van der Waals surface area contributed by atoms with Crippen LogP contribution < -0.4 is 0 Å². The third-order valence-corrected chi connectivity index (χ3v) is 8.77. The fraction of sp³-hybridized carbons (Fsp3) is 0.552. The van der Waals surface area contributed by atoms with Gasteiger partial charge in [0.2, 0.25) is 5.91 Å². The molecule has 1 N–H and O–H groups in total. The molecule has 3 saturated heterocycles. The number of nitrogens with zero attached hydrogens (tertiary/aromatic N) is 2. The Morgan fingerprint density at radius 3 is 2.28 bits per heavy atom. The van der Waals surface area contributed by atoms with E-state index in [1.54, 1.807) is 0 Å². The molecule has 2 aromatic rings. The van der Waals surface area contributed by atoms with Crippen LogP contribution in [0.5, 0.6) is 0 Å². The average Bonchev–Trinajstić information content (AvgIpc) is 3.32. The molecule has 0 aromatic heterocycles. The number of carbonyl (C=O) groups excluding carboxylic acids is 1. The van der Waals surface area contributed by atoms with Gasteiger partial charge < -0.3 is 14.7 Å². The van der Waals surface area contributed by atoms with Crippen molar-refractivity contribution in [2.45, 2.75) is 44.2 Å². The third-order valence-electron chi connectivity index (χ3n) is 8.77. The number of aliphatic hydroxyl groups is 1. The number of carbonyl (C=O) groups is 1. The Bertz CT molecular complexity index is 1060. The van der Waals surface area contributed by atoms with Gasteiger partial charge in [-0.3, -0.25) is 9.69 Å². The van der Waals surface area contributed by atoms with Gasteiger partial charge in [-0.15, -0.1) is 0 Å². The Labute approximate surface area is 212 Å². The summed E-state index contributed by atoms with van der Waals surface area (Å²) < 4.78 is 34.1. The van der Waals surface area contributed by atoms with Crippen LogP contribution in [0.2, 0.25) is 0 Å². The van der Waals surface area contributed by atoms with Gasteiger partial charge in [0.05, 0.1) is 11.5 Å². The minimum atomic E-state index is -1.02. The summed E-state index contributed by atoms with van der Waals surface area (Å²) in [6.07, 6.45) is 1.78. The summed E-state index contributed by atoms with van der Waals surface area (Å²) in [6.45, 7) is 7.33. The van der Waals surface area contributed by atoms with Crippen LogP contribution in [0.3, 0.4) is 0 Å². The van der Waals surface area contributed by atoms with Crippen LogP contribution in [0.4, 0.5) is 8.78 Å². The summed E-state index contributed by atoms with van der Waals surface area (Å²) in [6, 6.07) is 13.7. The molecule has 3 fully saturated rings. The van der Waals surface area contributed by atoms with E-state index < -0.39 is 23.2 Å². The molecule has 0 bridgehead atoms. The first-order chi connectivity index (χ1) is 17.3. The highest BCUT2D eigenvalue weighted by atomic mass is 19.1. The standard InChI is InChI=1S/C29H36F2N2O3/c1-19-15-33(16-20(2)29(19,35)21-6-4-3-5-7-21)28(34)26-18-32(23-10-12-36-13-11-23)17-25(26)24-9-8-22(30)14-27(24)31/h3-9,14,19-20,23,25-26,35H,10-13,15-18H2,1-2H3/t19-,20+,25-,26+,29?/m0/s1. The summed E-state index contributed by atoms with van der Waals surface area (Å²) in [5, 5.41) is 11.7. The van der Waals surface area contributed by atoms with Crippen molar-refractivity contribution in [1.82, 2.24) is 9.80 Å². The first kappa shape index (κ1) is 25.3. The second-order valence-corrected chi connectivity index (χ2v) is 10.9. The van der Waals surface area contributed by atoms with E-state index in [9.17, 15) is 18.7 Å². The molecule has 1 unspecified atom stereocenters. The van der Waals surface area contributed by atoms with Crippen LogP contribution in [-0.2, 0) is 15.1 Å². The maximum Gasteiger partial charge on any atom is 0.227 e. The van der Waals surface area contributed by atoms with Gasteiger partial charge in [0.25, 0.3) is 0 Å². The van der Waals surface area contributed by atoms with Gasteiger partial charge in [-0.2, -0.15) is 0 Å². The first-order valence-electron chi connectivity index (χ1n) is 13.1. The molecule has 0 spiro atoms. The van der Waals surface area contributed by atoms with Gasteiger partial charge in [0, 0.05) is 69.3 Å². The SMILES string of the molecule is C[C@@H]1CN(C(=O)[C@@H]2CN(C3CCOCC3)C[C@H]2c2ccc(F)cc2F)C[C@H](C)C1(O)c1ccccc1. The molecule has 5 nitrogen and oxygen atoms in total. The molecule has 0 aliphatic carbocycles. The van der Waals surface area contributed by atoms with E-state index in [1.165, 1.54) is 12.1 Å². The van der Waals surface area contributed by atoms with Gasteiger partial charge in [-0.1, -0.05) is 50.2 Å². The quantitative estimate of drug-likeness (QED) is 0.688. The maximum atomic E-state index is 14.9. The highest BCUT2D eigenvalue weighted by Gasteiger charge is 2.49. The van der Waals surface area contributed by atoms with Gasteiger partial charge in [-0.05, 0) is 30.0 Å². The van der Waals surface area contributed by atoms with Gasteiger partial charge >= 0.3 is 0 Å². The Morgan fingerprint density at radius 1 is 0.972 bits per heavy atom. The Kier molecular flexibility index (Phi) is 7.16. The summed E-state index contributed by atoms with van der Waals surface area (Å²) in [5.41, 5.74) is 0.253. The Hall–Kier alpha value is -2.35. The van der Waals surface area contributed by atoms with Gasteiger partial charge in [0.1, 0.15) is 11.6 Å². The van der Waals surface area contributed by atoms with Crippen molar-refractivity contribution in [3.05, 3.63) is 71.3 Å². The van der Waals surface area contributed by atoms with Crippen LogP contribution in [0.1, 0.15) is 43.7 Å². The summed E-state index contributed by atoms with van der Waals surface area (Å²) in [4.78, 5) is 18.2. The zero-order valence-electron chi connectivity index (χ0n) is 21.1. The largest absolute Gasteiger partial charge is 0.384 e. The minimum absolute atomic E-state index is 0.00732. The van der Waals surface area contributed by atoms with Crippen molar-refractivity contribution in [2.24, 2.45) is 17.8 Å². The number of piperidine rings is 1. The molecule has 5 atom stereocenters. The highest BCUT2D eigenvalue weighted by Crippen LogP contribution is 2.43. The van der Waals surface area contributed by atoms with Crippen LogP contribution in [0, 0.1) is 29.4 Å². The predicted molar refractivity (Wildman–Crippen MR) is 133 cm³/mol. The molecular weight excluding hydrogens is 462 g/mol. The molecule has 0 saturated carbocycles. The molecule has 3 heterocycles. The number of halogens is 2. The number of benzene rings is 2. The summed E-state index contributed by atoms with van der Waals surface area (Å²) >= 11 is 0. The van der Waals surface area contributed by atoms with Crippen LogP contribution in [0.25, 0.3) is 0 Å². The smallest absolute Gasteiger partial charge is 0.227 e. The number of hydrogen-bond donors (Lipinski definition) is 1. The molecule has 194 valence electrons. The van der Waals surface area contributed by atoms with Crippen molar-refractivity contribution < 1.29 is 23.4 Å². The molecule has 1 amide bonds. The maximum absolute atomic E-state index is 14.9. The summed E-state index contributed by atoms with van der Waals surface area (Å²) in [5.74, 6) is -2.31. The van der Waals surface area contributed by atoms with Crippen molar-refractivity contribution in [3.63, 3.8) is 0 Å². The van der Waals surface area contributed by atoms with E-state index in [-0.39, 0.29) is 23.7 Å². The molecule has 7 heteroatoms. The second kappa shape index (κ2) is 10.2. The number of hydrogen-bond acceptors (Lipinski definition) is 4. The van der Waals surface area contributed by atoms with Crippen molar-refractivity contribution in [2.75, 3.05) is 39.4 Å². The van der Waals surface area contributed by atoms with Crippen molar-refractivity contribution in [3.8, 4) is 0 Å². The zero-order valence-corrected chi connectivity index (χ0v) is 21.1. The molecule has 3 aliphatic rings. The van der Waals surface area contributed by atoms with Crippen LogP contribution in [0.15, 0.2) is 48.5 Å². The fourth-order valence-electron chi connectivity index (χ4n) is 6.74. The molecule has 36 heavy (non-hydrogen) atoms.